The number of halogens is 2. The van der Waals surface area contributed by atoms with Crippen molar-refractivity contribution in [2.75, 3.05) is 19.8 Å². The molecule has 2 rings (SSSR count). The van der Waals surface area contributed by atoms with E-state index in [-0.39, 0.29) is 6.61 Å². The predicted octanol–water partition coefficient (Wildman–Crippen LogP) is 0.974. The molecule has 0 radical (unpaired) electrons. The minimum Gasteiger partial charge on any atom is -0.396 e. The van der Waals surface area contributed by atoms with Gasteiger partial charge in [0.2, 0.25) is 0 Å². The Balaban J connectivity index is 2.26. The molecule has 88 valence electrons. The van der Waals surface area contributed by atoms with Gasteiger partial charge in [0, 0.05) is 6.04 Å². The van der Waals surface area contributed by atoms with E-state index in [2.05, 4.69) is 0 Å². The maximum Gasteiger partial charge on any atom is 0.159 e. The van der Waals surface area contributed by atoms with Crippen molar-refractivity contribution in [2.45, 2.75) is 6.04 Å². The molecule has 16 heavy (non-hydrogen) atoms. The molecule has 1 saturated heterocycles. The third kappa shape index (κ3) is 1.71. The first-order valence-electron chi connectivity index (χ1n) is 4.98. The normalized spacial score (nSPS) is 20.2. The van der Waals surface area contributed by atoms with Crippen LogP contribution in [0.15, 0.2) is 18.2 Å². The van der Waals surface area contributed by atoms with Crippen molar-refractivity contribution in [1.29, 1.82) is 0 Å². The smallest absolute Gasteiger partial charge is 0.159 e. The maximum absolute atomic E-state index is 13.0. The lowest BCUT2D eigenvalue weighted by Gasteiger charge is -2.44. The van der Waals surface area contributed by atoms with Crippen LogP contribution in [0.5, 0.6) is 0 Å². The molecule has 1 unspecified atom stereocenters. The van der Waals surface area contributed by atoms with Crippen molar-refractivity contribution < 1.29 is 18.6 Å². The van der Waals surface area contributed by atoms with Crippen molar-refractivity contribution in [3.8, 4) is 0 Å². The number of ether oxygens (including phenoxy) is 1. The van der Waals surface area contributed by atoms with Gasteiger partial charge in [-0.05, 0) is 17.7 Å². The fourth-order valence-electron chi connectivity index (χ4n) is 1.79. The van der Waals surface area contributed by atoms with E-state index in [0.29, 0.717) is 18.8 Å². The summed E-state index contributed by atoms with van der Waals surface area (Å²) in [6.45, 7) is 0.542. The van der Waals surface area contributed by atoms with Gasteiger partial charge in [-0.3, -0.25) is 0 Å². The minimum atomic E-state index is -0.929. The van der Waals surface area contributed by atoms with Crippen molar-refractivity contribution >= 4 is 0 Å². The zero-order valence-electron chi connectivity index (χ0n) is 8.62. The summed E-state index contributed by atoms with van der Waals surface area (Å²) < 4.78 is 30.8. The number of hydrogen-bond donors (Lipinski definition) is 2. The third-order valence-corrected chi connectivity index (χ3v) is 3.06. The predicted molar refractivity (Wildman–Crippen MR) is 53.6 cm³/mol. The standard InChI is InChI=1S/C11H13F2NO2/c12-8-2-1-7(3-9(8)13)10(14)11(4-15)5-16-6-11/h1-3,10,15H,4-6,14H2. The Bertz CT molecular complexity index is 388. The van der Waals surface area contributed by atoms with E-state index in [0.717, 1.165) is 12.1 Å². The van der Waals surface area contributed by atoms with Crippen LogP contribution in [-0.4, -0.2) is 24.9 Å². The molecule has 5 heteroatoms. The summed E-state index contributed by atoms with van der Waals surface area (Å²) in [6.07, 6.45) is 0. The Morgan fingerprint density at radius 2 is 2.06 bits per heavy atom. The van der Waals surface area contributed by atoms with Gasteiger partial charge in [0.05, 0.1) is 25.2 Å². The minimum absolute atomic E-state index is 0.132. The number of nitrogens with two attached hydrogens (primary N) is 1. The summed E-state index contributed by atoms with van der Waals surface area (Å²) in [5.41, 5.74) is 5.84. The van der Waals surface area contributed by atoms with Gasteiger partial charge in [-0.15, -0.1) is 0 Å². The highest BCUT2D eigenvalue weighted by atomic mass is 19.2. The van der Waals surface area contributed by atoms with Crippen LogP contribution in [0.25, 0.3) is 0 Å². The average Bonchev–Trinajstić information content (AvgIpc) is 2.21. The zero-order chi connectivity index (χ0) is 11.8. The number of aliphatic hydroxyl groups excluding tert-OH is 1. The third-order valence-electron chi connectivity index (χ3n) is 3.06. The fourth-order valence-corrected chi connectivity index (χ4v) is 1.79. The summed E-state index contributed by atoms with van der Waals surface area (Å²) in [7, 11) is 0. The summed E-state index contributed by atoms with van der Waals surface area (Å²) in [5, 5.41) is 9.26. The summed E-state index contributed by atoms with van der Waals surface area (Å²) >= 11 is 0. The molecule has 1 aromatic rings. The molecule has 1 aliphatic heterocycles. The molecular weight excluding hydrogens is 216 g/mol. The van der Waals surface area contributed by atoms with E-state index in [9.17, 15) is 13.9 Å². The van der Waals surface area contributed by atoms with Crippen LogP contribution < -0.4 is 5.73 Å². The molecule has 1 aromatic carbocycles. The van der Waals surface area contributed by atoms with Crippen molar-refractivity contribution in [1.82, 2.24) is 0 Å². The Hall–Kier alpha value is -1.04. The van der Waals surface area contributed by atoms with Gasteiger partial charge < -0.3 is 15.6 Å². The quantitative estimate of drug-likeness (QED) is 0.812. The first kappa shape index (κ1) is 11.4. The molecule has 3 nitrogen and oxygen atoms in total. The topological polar surface area (TPSA) is 55.5 Å². The molecule has 0 amide bonds. The second kappa shape index (κ2) is 4.08. The Labute approximate surface area is 91.8 Å². The lowest BCUT2D eigenvalue weighted by molar-refractivity contribution is -0.150. The second-order valence-electron chi connectivity index (χ2n) is 4.16. The van der Waals surface area contributed by atoms with Crippen LogP contribution in [0, 0.1) is 17.0 Å². The lowest BCUT2D eigenvalue weighted by Crippen LogP contribution is -2.52. The second-order valence-corrected chi connectivity index (χ2v) is 4.16. The number of aliphatic hydroxyl groups is 1. The molecule has 0 aliphatic carbocycles. The Morgan fingerprint density at radius 3 is 2.50 bits per heavy atom. The van der Waals surface area contributed by atoms with E-state index in [1.54, 1.807) is 0 Å². The van der Waals surface area contributed by atoms with Crippen LogP contribution >= 0.6 is 0 Å². The lowest BCUT2D eigenvalue weighted by atomic mass is 9.76. The average molecular weight is 229 g/mol. The van der Waals surface area contributed by atoms with E-state index in [1.807, 2.05) is 0 Å². The van der Waals surface area contributed by atoms with Gasteiger partial charge in [0.15, 0.2) is 11.6 Å². The van der Waals surface area contributed by atoms with Crippen LogP contribution in [0.3, 0.4) is 0 Å². The molecule has 1 fully saturated rings. The molecule has 3 N–H and O–H groups in total. The van der Waals surface area contributed by atoms with Crippen LogP contribution in [0.2, 0.25) is 0 Å². The first-order chi connectivity index (χ1) is 7.59. The van der Waals surface area contributed by atoms with E-state index in [4.69, 9.17) is 10.5 Å². The van der Waals surface area contributed by atoms with E-state index < -0.39 is 23.1 Å². The Kier molecular flexibility index (Phi) is 2.92. The molecule has 1 aliphatic rings. The molecule has 0 saturated carbocycles. The van der Waals surface area contributed by atoms with Gasteiger partial charge in [-0.2, -0.15) is 0 Å². The fraction of sp³-hybridized carbons (Fsp3) is 0.455. The molecule has 0 bridgehead atoms. The van der Waals surface area contributed by atoms with Crippen molar-refractivity contribution in [2.24, 2.45) is 11.1 Å². The molecule has 0 aromatic heterocycles. The van der Waals surface area contributed by atoms with Crippen LogP contribution in [0.4, 0.5) is 8.78 Å². The largest absolute Gasteiger partial charge is 0.396 e. The summed E-state index contributed by atoms with van der Waals surface area (Å²) in [4.78, 5) is 0. The highest BCUT2D eigenvalue weighted by Gasteiger charge is 2.44. The number of hydrogen-bond acceptors (Lipinski definition) is 3. The Morgan fingerprint density at radius 1 is 1.38 bits per heavy atom. The SMILES string of the molecule is NC(c1ccc(F)c(F)c1)C1(CO)COC1. The van der Waals surface area contributed by atoms with Gasteiger partial charge in [0.1, 0.15) is 0 Å². The van der Waals surface area contributed by atoms with Crippen LogP contribution in [0.1, 0.15) is 11.6 Å². The van der Waals surface area contributed by atoms with E-state index >= 15 is 0 Å². The molecule has 1 atom stereocenters. The molecule has 0 spiro atoms. The summed E-state index contributed by atoms with van der Waals surface area (Å²) in [6, 6.07) is 2.98. The van der Waals surface area contributed by atoms with E-state index in [1.165, 1.54) is 6.07 Å². The molecule has 1 heterocycles. The first-order valence-corrected chi connectivity index (χ1v) is 4.98. The van der Waals surface area contributed by atoms with Crippen molar-refractivity contribution in [3.05, 3.63) is 35.4 Å². The van der Waals surface area contributed by atoms with Gasteiger partial charge in [-0.1, -0.05) is 6.07 Å². The van der Waals surface area contributed by atoms with Crippen molar-refractivity contribution in [3.63, 3.8) is 0 Å². The van der Waals surface area contributed by atoms with Gasteiger partial charge in [0.25, 0.3) is 0 Å². The number of benzene rings is 1. The maximum atomic E-state index is 13.0. The highest BCUT2D eigenvalue weighted by Crippen LogP contribution is 2.38. The highest BCUT2D eigenvalue weighted by molar-refractivity contribution is 5.24. The monoisotopic (exact) mass is 229 g/mol. The van der Waals surface area contributed by atoms with Gasteiger partial charge in [-0.25, -0.2) is 8.78 Å². The zero-order valence-corrected chi connectivity index (χ0v) is 8.62. The summed E-state index contributed by atoms with van der Waals surface area (Å²) in [5.74, 6) is -1.83. The molecular formula is C11H13F2NO2. The van der Waals surface area contributed by atoms with Crippen LogP contribution in [-0.2, 0) is 4.74 Å². The number of rotatable bonds is 3. The van der Waals surface area contributed by atoms with Gasteiger partial charge >= 0.3 is 0 Å².